The number of hydrogen-bond donors (Lipinski definition) is 3. The standard InChI is InChI=1S/C12H13ClN2S.C12H13NO2/c1-7(2)11-10(15-12(14)16-11)8-3-5-9(13)6-4-8;1-8(12(14)15)7-9-3-2-4-11-10(9)5-6-13-11/h3-7H,1-2H3,(H2,14,15);2-6,8,13H,7H2,1H3,(H,14,15). The lowest BCUT2D eigenvalue weighted by Gasteiger charge is -2.07. The predicted octanol–water partition coefficient (Wildman–Crippen LogP) is 6.60. The first-order valence-corrected chi connectivity index (χ1v) is 11.3. The van der Waals surface area contributed by atoms with Crippen LogP contribution in [0.1, 0.15) is 37.1 Å². The number of carboxylic acid groups (broad SMARTS) is 1. The SMILES string of the molecule is CC(C)c1sc(N)nc1-c1ccc(Cl)cc1.CC(Cc1cccc2[nH]ccc12)C(=O)O. The van der Waals surface area contributed by atoms with E-state index in [0.29, 0.717) is 17.5 Å². The number of thiazole rings is 1. The van der Waals surface area contributed by atoms with Crippen molar-refractivity contribution in [3.05, 3.63) is 70.2 Å². The normalized spacial score (nSPS) is 11.9. The summed E-state index contributed by atoms with van der Waals surface area (Å²) in [6.45, 7) is 6.02. The van der Waals surface area contributed by atoms with Gasteiger partial charge in [-0.2, -0.15) is 0 Å². The maximum atomic E-state index is 10.8. The third kappa shape index (κ3) is 5.66. The summed E-state index contributed by atoms with van der Waals surface area (Å²) < 4.78 is 0. The fraction of sp³-hybridized carbons (Fsp3) is 0.250. The van der Waals surface area contributed by atoms with Crippen LogP contribution >= 0.6 is 22.9 Å². The Bertz CT molecular complexity index is 1170. The van der Waals surface area contributed by atoms with Gasteiger partial charge in [-0.15, -0.1) is 11.3 Å². The monoisotopic (exact) mass is 455 g/mol. The van der Waals surface area contributed by atoms with Crippen molar-refractivity contribution < 1.29 is 9.90 Å². The van der Waals surface area contributed by atoms with Gasteiger partial charge in [-0.1, -0.05) is 56.6 Å². The Morgan fingerprint density at radius 2 is 1.87 bits per heavy atom. The molecular weight excluding hydrogens is 430 g/mol. The Morgan fingerprint density at radius 1 is 1.16 bits per heavy atom. The van der Waals surface area contributed by atoms with Gasteiger partial charge in [-0.25, -0.2) is 4.98 Å². The lowest BCUT2D eigenvalue weighted by molar-refractivity contribution is -0.141. The van der Waals surface area contributed by atoms with Gasteiger partial charge >= 0.3 is 5.97 Å². The second-order valence-corrected chi connectivity index (χ2v) is 9.22. The van der Waals surface area contributed by atoms with Crippen LogP contribution in [0.25, 0.3) is 22.2 Å². The second kappa shape index (κ2) is 9.98. The number of nitrogen functional groups attached to an aromatic ring is 1. The molecule has 162 valence electrons. The quantitative estimate of drug-likeness (QED) is 0.316. The molecule has 4 N–H and O–H groups in total. The summed E-state index contributed by atoms with van der Waals surface area (Å²) in [5.41, 5.74) is 9.96. The maximum Gasteiger partial charge on any atom is 0.306 e. The first kappa shape index (κ1) is 22.8. The Labute approximate surface area is 190 Å². The third-order valence-corrected chi connectivity index (χ3v) is 6.38. The number of nitrogens with zero attached hydrogens (tertiary/aromatic N) is 1. The van der Waals surface area contributed by atoms with Crippen molar-refractivity contribution in [2.45, 2.75) is 33.1 Å². The minimum atomic E-state index is -0.748. The second-order valence-electron chi connectivity index (χ2n) is 7.73. The lowest BCUT2D eigenvalue weighted by Crippen LogP contribution is -2.12. The van der Waals surface area contributed by atoms with Crippen LogP contribution in [-0.2, 0) is 11.2 Å². The van der Waals surface area contributed by atoms with E-state index >= 15 is 0 Å². The van der Waals surface area contributed by atoms with E-state index in [4.69, 9.17) is 22.4 Å². The molecule has 0 saturated heterocycles. The van der Waals surface area contributed by atoms with Gasteiger partial charge in [0.05, 0.1) is 11.6 Å². The van der Waals surface area contributed by atoms with Crippen molar-refractivity contribution in [2.24, 2.45) is 5.92 Å². The topological polar surface area (TPSA) is 92.0 Å². The number of aliphatic carboxylic acids is 1. The number of anilines is 1. The van der Waals surface area contributed by atoms with Gasteiger partial charge in [0.1, 0.15) is 0 Å². The minimum absolute atomic E-state index is 0.342. The largest absolute Gasteiger partial charge is 0.481 e. The molecule has 0 saturated carbocycles. The molecule has 2 aromatic carbocycles. The number of benzene rings is 2. The predicted molar refractivity (Wildman–Crippen MR) is 130 cm³/mol. The van der Waals surface area contributed by atoms with Crippen LogP contribution in [0.5, 0.6) is 0 Å². The molecule has 0 amide bonds. The average molecular weight is 456 g/mol. The molecule has 2 heterocycles. The number of halogens is 1. The Morgan fingerprint density at radius 3 is 2.52 bits per heavy atom. The molecule has 0 aliphatic heterocycles. The van der Waals surface area contributed by atoms with Crippen molar-refractivity contribution in [3.63, 3.8) is 0 Å². The molecule has 1 atom stereocenters. The van der Waals surface area contributed by atoms with Crippen LogP contribution in [0.4, 0.5) is 5.13 Å². The Balaban J connectivity index is 0.000000176. The molecule has 5 nitrogen and oxygen atoms in total. The summed E-state index contributed by atoms with van der Waals surface area (Å²) in [6.07, 6.45) is 2.45. The van der Waals surface area contributed by atoms with Crippen molar-refractivity contribution in [1.82, 2.24) is 9.97 Å². The van der Waals surface area contributed by atoms with Crippen molar-refractivity contribution >= 4 is 44.9 Å². The van der Waals surface area contributed by atoms with Gasteiger partial charge in [-0.05, 0) is 42.2 Å². The molecule has 0 aliphatic carbocycles. The molecule has 7 heteroatoms. The fourth-order valence-corrected chi connectivity index (χ4v) is 4.28. The zero-order valence-electron chi connectivity index (χ0n) is 17.7. The number of nitrogens with one attached hydrogen (secondary N) is 1. The van der Waals surface area contributed by atoms with Crippen LogP contribution in [0, 0.1) is 5.92 Å². The number of fused-ring (bicyclic) bond motifs is 1. The number of rotatable bonds is 5. The molecule has 0 bridgehead atoms. The Kier molecular flexibility index (Phi) is 7.36. The molecule has 2 aromatic heterocycles. The highest BCUT2D eigenvalue weighted by Crippen LogP contribution is 2.35. The van der Waals surface area contributed by atoms with Crippen LogP contribution in [0.15, 0.2) is 54.7 Å². The van der Waals surface area contributed by atoms with E-state index in [1.165, 1.54) is 4.88 Å². The number of nitrogens with two attached hydrogens (primary N) is 1. The van der Waals surface area contributed by atoms with E-state index in [2.05, 4.69) is 23.8 Å². The van der Waals surface area contributed by atoms with Crippen LogP contribution in [-0.4, -0.2) is 21.0 Å². The summed E-state index contributed by atoms with van der Waals surface area (Å²) in [5, 5.41) is 11.3. The number of aromatic nitrogens is 2. The highest BCUT2D eigenvalue weighted by atomic mass is 35.5. The molecule has 4 aromatic rings. The zero-order chi connectivity index (χ0) is 22.5. The summed E-state index contributed by atoms with van der Waals surface area (Å²) >= 11 is 7.42. The molecule has 0 aliphatic rings. The van der Waals surface area contributed by atoms with E-state index < -0.39 is 5.97 Å². The number of aromatic amines is 1. The van der Waals surface area contributed by atoms with Crippen molar-refractivity contribution in [2.75, 3.05) is 5.73 Å². The molecule has 1 unspecified atom stereocenters. The molecule has 0 spiro atoms. The van der Waals surface area contributed by atoms with Gasteiger partial charge in [0.25, 0.3) is 0 Å². The lowest BCUT2D eigenvalue weighted by atomic mass is 9.98. The van der Waals surface area contributed by atoms with Crippen LogP contribution in [0.3, 0.4) is 0 Å². The van der Waals surface area contributed by atoms with E-state index in [1.807, 2.05) is 54.7 Å². The molecule has 4 rings (SSSR count). The van der Waals surface area contributed by atoms with Gasteiger partial charge in [0.2, 0.25) is 0 Å². The molecule has 0 fully saturated rings. The van der Waals surface area contributed by atoms with Crippen LogP contribution in [0.2, 0.25) is 5.02 Å². The molecule has 31 heavy (non-hydrogen) atoms. The highest BCUT2D eigenvalue weighted by Gasteiger charge is 2.14. The number of carbonyl (C=O) groups is 1. The van der Waals surface area contributed by atoms with E-state index in [-0.39, 0.29) is 5.92 Å². The third-order valence-electron chi connectivity index (χ3n) is 4.94. The molecule has 0 radical (unpaired) electrons. The van der Waals surface area contributed by atoms with Crippen molar-refractivity contribution in [3.8, 4) is 11.3 Å². The summed E-state index contributed by atoms with van der Waals surface area (Å²) in [7, 11) is 0. The maximum absolute atomic E-state index is 10.8. The zero-order valence-corrected chi connectivity index (χ0v) is 19.3. The Hall–Kier alpha value is -2.83. The smallest absolute Gasteiger partial charge is 0.306 e. The highest BCUT2D eigenvalue weighted by molar-refractivity contribution is 7.15. The minimum Gasteiger partial charge on any atom is -0.481 e. The summed E-state index contributed by atoms with van der Waals surface area (Å²) in [5.74, 6) is -0.659. The number of H-pyrrole nitrogens is 1. The van der Waals surface area contributed by atoms with E-state index in [9.17, 15) is 4.79 Å². The van der Waals surface area contributed by atoms with Gasteiger partial charge in [0.15, 0.2) is 5.13 Å². The van der Waals surface area contributed by atoms with Crippen LogP contribution < -0.4 is 5.73 Å². The van der Waals surface area contributed by atoms with Gasteiger partial charge in [-0.3, -0.25) is 4.79 Å². The average Bonchev–Trinajstić information content (AvgIpc) is 3.36. The number of carboxylic acids is 1. The number of hydrogen-bond acceptors (Lipinski definition) is 4. The van der Waals surface area contributed by atoms with Gasteiger partial charge < -0.3 is 15.8 Å². The van der Waals surface area contributed by atoms with Gasteiger partial charge in [0, 0.05) is 32.6 Å². The molecular formula is C24H26ClN3O2S. The first-order valence-electron chi connectivity index (χ1n) is 10.1. The summed E-state index contributed by atoms with van der Waals surface area (Å²) in [4.78, 5) is 19.5. The summed E-state index contributed by atoms with van der Waals surface area (Å²) in [6, 6.07) is 15.6. The van der Waals surface area contributed by atoms with E-state index in [0.717, 1.165) is 32.7 Å². The van der Waals surface area contributed by atoms with E-state index in [1.54, 1.807) is 18.3 Å². The fourth-order valence-electron chi connectivity index (χ4n) is 3.30. The first-order chi connectivity index (χ1) is 14.8. The van der Waals surface area contributed by atoms with Crippen molar-refractivity contribution in [1.29, 1.82) is 0 Å².